The maximum Gasteiger partial charge on any atom is 0.276 e. The average Bonchev–Trinajstić information content (AvgIpc) is 3.54. The first-order chi connectivity index (χ1) is 19.5. The van der Waals surface area contributed by atoms with E-state index in [0.717, 1.165) is 43.4 Å². The van der Waals surface area contributed by atoms with Gasteiger partial charge < -0.3 is 14.9 Å². The van der Waals surface area contributed by atoms with Gasteiger partial charge in [0.1, 0.15) is 0 Å². The van der Waals surface area contributed by atoms with Crippen molar-refractivity contribution in [3.63, 3.8) is 0 Å². The highest BCUT2D eigenvalue weighted by molar-refractivity contribution is 5.92. The fourth-order valence-electron chi connectivity index (χ4n) is 10.4. The van der Waals surface area contributed by atoms with E-state index in [1.807, 2.05) is 16.7 Å². The molecule has 1 aromatic rings. The minimum Gasteiger partial charge on any atom is -0.393 e. The molecule has 0 radical (unpaired) electrons. The summed E-state index contributed by atoms with van der Waals surface area (Å²) in [6.07, 6.45) is 15.1. The molecule has 6 rings (SSSR count). The summed E-state index contributed by atoms with van der Waals surface area (Å²) in [4.78, 5) is 30.0. The van der Waals surface area contributed by atoms with Crippen LogP contribution in [0, 0.1) is 40.4 Å². The number of nitrogens with zero attached hydrogens (tertiary/aromatic N) is 5. The summed E-state index contributed by atoms with van der Waals surface area (Å²) in [6, 6.07) is -0.0383. The molecule has 8 heteroatoms. The topological polar surface area (TPSA) is 91.6 Å². The van der Waals surface area contributed by atoms with Gasteiger partial charge in [0.15, 0.2) is 5.69 Å². The lowest BCUT2D eigenvalue weighted by Gasteiger charge is -2.58. The normalized spacial score (nSPS) is 39.4. The Balaban J connectivity index is 1.04. The number of carbonyl (C=O) groups is 2. The van der Waals surface area contributed by atoms with E-state index in [1.165, 1.54) is 32.1 Å². The lowest BCUT2D eigenvalue weighted by molar-refractivity contribution is -0.134. The molecule has 41 heavy (non-hydrogen) atoms. The molecule has 5 aliphatic rings. The SMILES string of the molecule is C[C@H](CCC(=O)N1CCN(C(=O)c2cn(C)nn2)[C@@H](C)C1)[C@H]1CC[C@H]2[C@@H]3CC=C4C[C@@H](O)CC[C@]4(C)[C@H]3CC[C@]12C. The molecule has 2 amide bonds. The van der Waals surface area contributed by atoms with Crippen molar-refractivity contribution in [1.29, 1.82) is 0 Å². The molecule has 9 atom stereocenters. The van der Waals surface area contributed by atoms with Crippen molar-refractivity contribution in [2.75, 3.05) is 19.6 Å². The Morgan fingerprint density at radius 2 is 1.93 bits per heavy atom. The highest BCUT2D eigenvalue weighted by Crippen LogP contribution is 2.67. The van der Waals surface area contributed by atoms with E-state index in [2.05, 4.69) is 37.2 Å². The van der Waals surface area contributed by atoms with E-state index in [-0.39, 0.29) is 24.0 Å². The van der Waals surface area contributed by atoms with E-state index >= 15 is 0 Å². The number of piperazine rings is 1. The quantitative estimate of drug-likeness (QED) is 0.516. The second-order valence-electron chi connectivity index (χ2n) is 14.9. The highest BCUT2D eigenvalue weighted by atomic mass is 16.3. The van der Waals surface area contributed by atoms with E-state index in [1.54, 1.807) is 23.5 Å². The van der Waals surface area contributed by atoms with Crippen molar-refractivity contribution < 1.29 is 14.7 Å². The van der Waals surface area contributed by atoms with Crippen LogP contribution in [-0.4, -0.2) is 73.5 Å². The summed E-state index contributed by atoms with van der Waals surface area (Å²) in [5, 5.41) is 18.2. The third-order valence-electron chi connectivity index (χ3n) is 12.7. The maximum atomic E-state index is 13.3. The summed E-state index contributed by atoms with van der Waals surface area (Å²) < 4.78 is 1.54. The molecule has 4 fully saturated rings. The monoisotopic (exact) mass is 565 g/mol. The minimum atomic E-state index is -0.141. The number of fused-ring (bicyclic) bond motifs is 5. The predicted molar refractivity (Wildman–Crippen MR) is 158 cm³/mol. The fourth-order valence-corrected chi connectivity index (χ4v) is 10.4. The standard InChI is InChI=1S/C33H51N5O3/c1-21(6-11-30(40)37-16-17-38(22(2)19-37)31(41)29-20-36(5)35-34-29)26-9-10-27-25-8-7-23-18-24(39)12-14-32(23,3)28(25)13-15-33(26,27)4/h7,20-22,24-28,39H,6,8-19H2,1-5H3/t21-,22+,24+,25+,26-,27+,28+,32+,33-/m1/s1. The molecule has 1 N–H and O–H groups in total. The average molecular weight is 566 g/mol. The Morgan fingerprint density at radius 1 is 1.12 bits per heavy atom. The maximum absolute atomic E-state index is 13.3. The molecule has 3 saturated carbocycles. The van der Waals surface area contributed by atoms with Crippen molar-refractivity contribution in [3.05, 3.63) is 23.5 Å². The molecule has 2 heterocycles. The summed E-state index contributed by atoms with van der Waals surface area (Å²) in [6.45, 7) is 11.2. The Bertz CT molecular complexity index is 1200. The van der Waals surface area contributed by atoms with Crippen LogP contribution in [0.5, 0.6) is 0 Å². The Kier molecular flexibility index (Phi) is 7.61. The molecule has 0 aromatic carbocycles. The van der Waals surface area contributed by atoms with Crippen molar-refractivity contribution in [1.82, 2.24) is 24.8 Å². The lowest BCUT2D eigenvalue weighted by Crippen LogP contribution is -2.55. The second-order valence-corrected chi connectivity index (χ2v) is 14.9. The van der Waals surface area contributed by atoms with Crippen LogP contribution in [0.2, 0.25) is 0 Å². The number of allylic oxidation sites excluding steroid dienone is 1. The highest BCUT2D eigenvalue weighted by Gasteiger charge is 2.59. The van der Waals surface area contributed by atoms with Crippen LogP contribution < -0.4 is 0 Å². The van der Waals surface area contributed by atoms with Crippen molar-refractivity contribution in [2.24, 2.45) is 47.5 Å². The van der Waals surface area contributed by atoms with Gasteiger partial charge in [0.05, 0.1) is 12.3 Å². The summed E-state index contributed by atoms with van der Waals surface area (Å²) in [5.74, 6) is 3.68. The molecule has 4 aliphatic carbocycles. The predicted octanol–water partition coefficient (Wildman–Crippen LogP) is 4.84. The van der Waals surface area contributed by atoms with E-state index in [0.29, 0.717) is 54.4 Å². The van der Waals surface area contributed by atoms with Gasteiger partial charge >= 0.3 is 0 Å². The number of aryl methyl sites for hydroxylation is 1. The van der Waals surface area contributed by atoms with Crippen molar-refractivity contribution in [2.45, 2.75) is 104 Å². The first-order valence-corrected chi connectivity index (χ1v) is 16.3. The number of aliphatic hydroxyl groups is 1. The van der Waals surface area contributed by atoms with Crippen LogP contribution in [-0.2, 0) is 11.8 Å². The summed E-state index contributed by atoms with van der Waals surface area (Å²) in [5.41, 5.74) is 2.58. The number of carbonyl (C=O) groups excluding carboxylic acids is 2. The van der Waals surface area contributed by atoms with Crippen molar-refractivity contribution >= 4 is 11.8 Å². The van der Waals surface area contributed by atoms with Gasteiger partial charge in [-0.1, -0.05) is 37.6 Å². The van der Waals surface area contributed by atoms with Gasteiger partial charge in [-0.15, -0.1) is 5.10 Å². The van der Waals surface area contributed by atoms with E-state index in [4.69, 9.17) is 0 Å². The first kappa shape index (κ1) is 28.9. The summed E-state index contributed by atoms with van der Waals surface area (Å²) >= 11 is 0. The molecule has 1 aliphatic heterocycles. The zero-order chi connectivity index (χ0) is 29.1. The van der Waals surface area contributed by atoms with Gasteiger partial charge in [0.25, 0.3) is 5.91 Å². The second kappa shape index (κ2) is 10.8. The van der Waals surface area contributed by atoms with E-state index in [9.17, 15) is 14.7 Å². The number of hydrogen-bond acceptors (Lipinski definition) is 5. The van der Waals surface area contributed by atoms with Gasteiger partial charge in [-0.25, -0.2) is 0 Å². The van der Waals surface area contributed by atoms with Crippen molar-refractivity contribution in [3.8, 4) is 0 Å². The number of rotatable bonds is 5. The lowest BCUT2D eigenvalue weighted by atomic mass is 9.47. The van der Waals surface area contributed by atoms with E-state index < -0.39 is 0 Å². The van der Waals surface area contributed by atoms with Crippen LogP contribution in [0.4, 0.5) is 0 Å². The molecule has 0 spiro atoms. The zero-order valence-electron chi connectivity index (χ0n) is 25.9. The van der Waals surface area contributed by atoms with Gasteiger partial charge in [-0.2, -0.15) is 0 Å². The third-order valence-corrected chi connectivity index (χ3v) is 12.7. The Hall–Kier alpha value is -2.22. The van der Waals surface area contributed by atoms with Gasteiger partial charge in [-0.05, 0) is 105 Å². The molecule has 0 bridgehead atoms. The minimum absolute atomic E-state index is 0.0383. The molecule has 8 nitrogen and oxygen atoms in total. The molecule has 0 unspecified atom stereocenters. The zero-order valence-corrected chi connectivity index (χ0v) is 25.9. The number of aromatic nitrogens is 3. The first-order valence-electron chi connectivity index (χ1n) is 16.3. The van der Waals surface area contributed by atoms with Gasteiger partial charge in [-0.3, -0.25) is 14.3 Å². The molecular weight excluding hydrogens is 514 g/mol. The van der Waals surface area contributed by atoms with Crippen LogP contribution in [0.1, 0.15) is 102 Å². The summed E-state index contributed by atoms with van der Waals surface area (Å²) in [7, 11) is 1.76. The Morgan fingerprint density at radius 3 is 2.66 bits per heavy atom. The Labute approximate surface area is 245 Å². The number of amides is 2. The van der Waals surface area contributed by atoms with Crippen LogP contribution in [0.15, 0.2) is 17.8 Å². The fraction of sp³-hybridized carbons (Fsp3) is 0.818. The van der Waals surface area contributed by atoms with Gasteiger partial charge in [0, 0.05) is 39.1 Å². The third kappa shape index (κ3) is 4.96. The van der Waals surface area contributed by atoms with Crippen LogP contribution >= 0.6 is 0 Å². The molecule has 1 aromatic heterocycles. The van der Waals surface area contributed by atoms with Gasteiger partial charge in [0.2, 0.25) is 5.91 Å². The van der Waals surface area contributed by atoms with Crippen LogP contribution in [0.3, 0.4) is 0 Å². The van der Waals surface area contributed by atoms with Crippen LogP contribution in [0.25, 0.3) is 0 Å². The molecule has 226 valence electrons. The molecule has 1 saturated heterocycles. The number of aliphatic hydroxyl groups excluding tert-OH is 1. The smallest absolute Gasteiger partial charge is 0.276 e. The largest absolute Gasteiger partial charge is 0.393 e. The molecular formula is C33H51N5O3. The number of hydrogen-bond donors (Lipinski definition) is 1.